The summed E-state index contributed by atoms with van der Waals surface area (Å²) < 4.78 is 1.25. The molecular weight excluding hydrogens is 320 g/mol. The van der Waals surface area contributed by atoms with Gasteiger partial charge in [0, 0.05) is 36.1 Å². The number of nitrogens with zero attached hydrogens (tertiary/aromatic N) is 1. The van der Waals surface area contributed by atoms with Gasteiger partial charge >= 0.3 is 0 Å². The van der Waals surface area contributed by atoms with Crippen molar-refractivity contribution in [2.24, 2.45) is 0 Å². The number of halogens is 1. The largest absolute Gasteiger partial charge is 0.308 e. The molecule has 3 rings (SSSR count). The van der Waals surface area contributed by atoms with Crippen LogP contribution in [0.2, 0.25) is 0 Å². The van der Waals surface area contributed by atoms with E-state index in [9.17, 15) is 0 Å². The van der Waals surface area contributed by atoms with Gasteiger partial charge in [-0.2, -0.15) is 0 Å². The van der Waals surface area contributed by atoms with Crippen LogP contribution >= 0.6 is 27.3 Å². The van der Waals surface area contributed by atoms with E-state index < -0.39 is 0 Å². The molecule has 1 unspecified atom stereocenters. The molecule has 1 aliphatic heterocycles. The van der Waals surface area contributed by atoms with Crippen molar-refractivity contribution in [3.05, 3.63) is 20.8 Å². The molecule has 1 aliphatic carbocycles. The van der Waals surface area contributed by atoms with Crippen LogP contribution in [0.1, 0.15) is 43.9 Å². The Morgan fingerprint density at radius 3 is 2.84 bits per heavy atom. The summed E-state index contributed by atoms with van der Waals surface area (Å²) in [5, 5.41) is 3.87. The summed E-state index contributed by atoms with van der Waals surface area (Å²) in [6.07, 6.45) is 6.79. The molecule has 19 heavy (non-hydrogen) atoms. The zero-order valence-corrected chi connectivity index (χ0v) is 14.0. The molecule has 1 saturated carbocycles. The van der Waals surface area contributed by atoms with E-state index in [0.29, 0.717) is 11.6 Å². The Morgan fingerprint density at radius 2 is 2.21 bits per heavy atom. The average Bonchev–Trinajstić information content (AvgIpc) is 3.00. The summed E-state index contributed by atoms with van der Waals surface area (Å²) in [5.41, 5.74) is 0.431. The summed E-state index contributed by atoms with van der Waals surface area (Å²) in [6, 6.07) is 5.14. The molecule has 0 bridgehead atoms. The molecule has 2 fully saturated rings. The minimum Gasteiger partial charge on any atom is -0.308 e. The number of rotatable bonds is 3. The summed E-state index contributed by atoms with van der Waals surface area (Å²) in [4.78, 5) is 4.21. The van der Waals surface area contributed by atoms with Crippen LogP contribution in [0.25, 0.3) is 0 Å². The van der Waals surface area contributed by atoms with Gasteiger partial charge in [0.15, 0.2) is 0 Å². The standard InChI is InChI=1S/C15H23BrN2S/c1-2-12-9-17-15(7-3-4-8-15)11-18(12)10-13-5-6-14(16)19-13/h5-6,12,17H,2-4,7-11H2,1H3. The first-order valence-corrected chi connectivity index (χ1v) is 9.05. The Morgan fingerprint density at radius 1 is 1.42 bits per heavy atom. The van der Waals surface area contributed by atoms with Gasteiger partial charge in [0.1, 0.15) is 0 Å². The summed E-state index contributed by atoms with van der Waals surface area (Å²) in [6.45, 7) is 5.85. The minimum absolute atomic E-state index is 0.431. The van der Waals surface area contributed by atoms with Crippen LogP contribution in [0.4, 0.5) is 0 Å². The maximum absolute atomic E-state index is 3.87. The van der Waals surface area contributed by atoms with E-state index >= 15 is 0 Å². The number of nitrogens with one attached hydrogen (secondary N) is 1. The molecule has 0 aromatic carbocycles. The monoisotopic (exact) mass is 342 g/mol. The second kappa shape index (κ2) is 5.84. The Bertz CT molecular complexity index is 426. The maximum Gasteiger partial charge on any atom is 0.0701 e. The highest BCUT2D eigenvalue weighted by molar-refractivity contribution is 9.11. The fourth-order valence-corrected chi connectivity index (χ4v) is 5.16. The van der Waals surface area contributed by atoms with Crippen molar-refractivity contribution in [2.75, 3.05) is 13.1 Å². The Labute approximate surface area is 128 Å². The molecule has 4 heteroatoms. The molecule has 1 aromatic rings. The first-order chi connectivity index (χ1) is 9.21. The lowest BCUT2D eigenvalue weighted by Crippen LogP contribution is -2.62. The molecule has 0 amide bonds. The van der Waals surface area contributed by atoms with Gasteiger partial charge in [-0.05, 0) is 47.3 Å². The van der Waals surface area contributed by atoms with Crippen molar-refractivity contribution in [3.8, 4) is 0 Å². The van der Waals surface area contributed by atoms with Gasteiger partial charge in [-0.15, -0.1) is 11.3 Å². The topological polar surface area (TPSA) is 15.3 Å². The smallest absolute Gasteiger partial charge is 0.0701 e. The van der Waals surface area contributed by atoms with E-state index in [2.05, 4.69) is 45.2 Å². The van der Waals surface area contributed by atoms with Crippen LogP contribution in [-0.4, -0.2) is 29.6 Å². The lowest BCUT2D eigenvalue weighted by molar-refractivity contribution is 0.0727. The third kappa shape index (κ3) is 3.07. The van der Waals surface area contributed by atoms with Gasteiger partial charge in [0.25, 0.3) is 0 Å². The Balaban J connectivity index is 1.71. The van der Waals surface area contributed by atoms with Crippen molar-refractivity contribution in [1.29, 1.82) is 0 Å². The van der Waals surface area contributed by atoms with Gasteiger partial charge in [0.2, 0.25) is 0 Å². The summed E-state index contributed by atoms with van der Waals surface area (Å²) >= 11 is 5.46. The van der Waals surface area contributed by atoms with Gasteiger partial charge in [-0.3, -0.25) is 4.90 Å². The molecule has 0 radical (unpaired) electrons. The highest BCUT2D eigenvalue weighted by Gasteiger charge is 2.40. The molecule has 1 spiro atoms. The number of thiophene rings is 1. The molecule has 1 aromatic heterocycles. The van der Waals surface area contributed by atoms with Crippen LogP contribution in [0.5, 0.6) is 0 Å². The SMILES string of the molecule is CCC1CNC2(CCCC2)CN1Cc1ccc(Br)s1. The number of hydrogen-bond acceptors (Lipinski definition) is 3. The number of hydrogen-bond donors (Lipinski definition) is 1. The Hall–Kier alpha value is 0.1000. The molecule has 2 heterocycles. The predicted octanol–water partition coefficient (Wildman–Crippen LogP) is 4.01. The normalized spacial score (nSPS) is 27.2. The Kier molecular flexibility index (Phi) is 4.32. The minimum atomic E-state index is 0.431. The van der Waals surface area contributed by atoms with E-state index in [1.807, 2.05) is 11.3 Å². The van der Waals surface area contributed by atoms with Crippen LogP contribution in [0.3, 0.4) is 0 Å². The van der Waals surface area contributed by atoms with E-state index in [1.54, 1.807) is 0 Å². The highest BCUT2D eigenvalue weighted by Crippen LogP contribution is 2.35. The van der Waals surface area contributed by atoms with Crippen LogP contribution < -0.4 is 5.32 Å². The molecule has 1 saturated heterocycles. The lowest BCUT2D eigenvalue weighted by atomic mass is 9.91. The third-order valence-electron chi connectivity index (χ3n) is 4.75. The molecule has 2 nitrogen and oxygen atoms in total. The molecule has 1 atom stereocenters. The van der Waals surface area contributed by atoms with E-state index in [0.717, 1.165) is 6.54 Å². The quantitative estimate of drug-likeness (QED) is 0.892. The van der Waals surface area contributed by atoms with E-state index in [4.69, 9.17) is 0 Å². The average molecular weight is 343 g/mol. The fraction of sp³-hybridized carbons (Fsp3) is 0.733. The van der Waals surface area contributed by atoms with Gasteiger partial charge in [0.05, 0.1) is 3.79 Å². The summed E-state index contributed by atoms with van der Waals surface area (Å²) in [7, 11) is 0. The molecular formula is C15H23BrN2S. The second-order valence-electron chi connectivity index (χ2n) is 6.04. The zero-order chi connectivity index (χ0) is 13.3. The molecule has 2 aliphatic rings. The highest BCUT2D eigenvalue weighted by atomic mass is 79.9. The molecule has 106 valence electrons. The summed E-state index contributed by atoms with van der Waals surface area (Å²) in [5.74, 6) is 0. The first kappa shape index (κ1) is 14.1. The number of piperazine rings is 1. The van der Waals surface area contributed by atoms with Crippen LogP contribution in [0, 0.1) is 0 Å². The van der Waals surface area contributed by atoms with Crippen molar-refractivity contribution in [1.82, 2.24) is 10.2 Å². The first-order valence-electron chi connectivity index (χ1n) is 7.44. The van der Waals surface area contributed by atoms with Crippen LogP contribution in [-0.2, 0) is 6.54 Å². The van der Waals surface area contributed by atoms with Crippen molar-refractivity contribution in [3.63, 3.8) is 0 Å². The van der Waals surface area contributed by atoms with Gasteiger partial charge in [-0.25, -0.2) is 0 Å². The fourth-order valence-electron chi connectivity index (χ4n) is 3.65. The lowest BCUT2D eigenvalue weighted by Gasteiger charge is -2.46. The van der Waals surface area contributed by atoms with Crippen molar-refractivity contribution in [2.45, 2.75) is 57.2 Å². The second-order valence-corrected chi connectivity index (χ2v) is 8.59. The predicted molar refractivity (Wildman–Crippen MR) is 85.7 cm³/mol. The third-order valence-corrected chi connectivity index (χ3v) is 6.36. The van der Waals surface area contributed by atoms with Gasteiger partial charge in [-0.1, -0.05) is 19.8 Å². The van der Waals surface area contributed by atoms with Crippen molar-refractivity contribution >= 4 is 27.3 Å². The van der Waals surface area contributed by atoms with E-state index in [-0.39, 0.29) is 0 Å². The molecule has 1 N–H and O–H groups in total. The van der Waals surface area contributed by atoms with Crippen molar-refractivity contribution < 1.29 is 0 Å². The van der Waals surface area contributed by atoms with Gasteiger partial charge < -0.3 is 5.32 Å². The maximum atomic E-state index is 3.87. The van der Waals surface area contributed by atoms with E-state index in [1.165, 1.54) is 53.9 Å². The van der Waals surface area contributed by atoms with Crippen LogP contribution in [0.15, 0.2) is 15.9 Å². The zero-order valence-electron chi connectivity index (χ0n) is 11.6.